The number of nitrogens with zero attached hydrogens (tertiary/aromatic N) is 1. The molecule has 5 nitrogen and oxygen atoms in total. The van der Waals surface area contributed by atoms with Gasteiger partial charge in [-0.25, -0.2) is 0 Å². The van der Waals surface area contributed by atoms with Crippen LogP contribution in [0, 0.1) is 5.41 Å². The lowest BCUT2D eigenvalue weighted by Crippen LogP contribution is -2.43. The van der Waals surface area contributed by atoms with E-state index in [-0.39, 0.29) is 31.2 Å². The number of likely N-dealkylation sites (tertiary alicyclic amines) is 1. The minimum absolute atomic E-state index is 0.0174. The first-order valence-corrected chi connectivity index (χ1v) is 4.97. The molecule has 0 saturated carbocycles. The summed E-state index contributed by atoms with van der Waals surface area (Å²) in [5.74, 6) is -1.50. The number of aliphatic carboxylic acids is 1. The highest BCUT2D eigenvalue weighted by atomic mass is 16.4. The molecule has 0 aromatic heterocycles. The standard InChI is InChI=1S/C10H15NO4/c1-3-10(2,9(14)15)6-11-7(12)4-5-8(11)13/h3-6H2,1-2H3,(H,14,15). The highest BCUT2D eigenvalue weighted by Gasteiger charge is 2.39. The number of rotatable bonds is 4. The molecule has 1 aliphatic rings. The zero-order valence-corrected chi connectivity index (χ0v) is 8.95. The Kier molecular flexibility index (Phi) is 3.12. The topological polar surface area (TPSA) is 74.7 Å². The first kappa shape index (κ1) is 11.7. The third-order valence-electron chi connectivity index (χ3n) is 2.96. The van der Waals surface area contributed by atoms with E-state index in [0.29, 0.717) is 6.42 Å². The third kappa shape index (κ3) is 2.16. The molecule has 1 saturated heterocycles. The summed E-state index contributed by atoms with van der Waals surface area (Å²) in [6.45, 7) is 3.27. The maximum absolute atomic E-state index is 11.3. The van der Waals surface area contributed by atoms with Crippen LogP contribution in [0.15, 0.2) is 0 Å². The van der Waals surface area contributed by atoms with E-state index >= 15 is 0 Å². The number of carboxylic acid groups (broad SMARTS) is 1. The van der Waals surface area contributed by atoms with Crippen LogP contribution < -0.4 is 0 Å². The predicted molar refractivity (Wildman–Crippen MR) is 52.0 cm³/mol. The molecule has 0 aromatic rings. The van der Waals surface area contributed by atoms with Crippen LogP contribution in [0.2, 0.25) is 0 Å². The fraction of sp³-hybridized carbons (Fsp3) is 0.700. The summed E-state index contributed by atoms with van der Waals surface area (Å²) < 4.78 is 0. The van der Waals surface area contributed by atoms with Gasteiger partial charge in [0.05, 0.1) is 5.41 Å². The van der Waals surface area contributed by atoms with Crippen molar-refractivity contribution in [1.82, 2.24) is 4.90 Å². The Balaban J connectivity index is 2.79. The Hall–Kier alpha value is -1.39. The highest BCUT2D eigenvalue weighted by molar-refractivity contribution is 6.02. The van der Waals surface area contributed by atoms with Gasteiger partial charge in [0, 0.05) is 19.4 Å². The van der Waals surface area contributed by atoms with Crippen LogP contribution in [0.5, 0.6) is 0 Å². The van der Waals surface area contributed by atoms with Crippen molar-refractivity contribution in [3.8, 4) is 0 Å². The molecule has 1 rings (SSSR count). The number of amides is 2. The largest absolute Gasteiger partial charge is 0.481 e. The van der Waals surface area contributed by atoms with E-state index in [1.54, 1.807) is 13.8 Å². The van der Waals surface area contributed by atoms with Gasteiger partial charge in [-0.15, -0.1) is 0 Å². The van der Waals surface area contributed by atoms with Gasteiger partial charge in [0.15, 0.2) is 0 Å². The van der Waals surface area contributed by atoms with Gasteiger partial charge >= 0.3 is 5.97 Å². The van der Waals surface area contributed by atoms with Crippen LogP contribution in [-0.4, -0.2) is 34.3 Å². The lowest BCUT2D eigenvalue weighted by atomic mass is 9.87. The van der Waals surface area contributed by atoms with Crippen molar-refractivity contribution in [2.24, 2.45) is 5.41 Å². The summed E-state index contributed by atoms with van der Waals surface area (Å²) >= 11 is 0. The summed E-state index contributed by atoms with van der Waals surface area (Å²) in [6, 6.07) is 0. The zero-order valence-electron chi connectivity index (χ0n) is 8.95. The first-order valence-electron chi connectivity index (χ1n) is 4.97. The van der Waals surface area contributed by atoms with Gasteiger partial charge in [-0.3, -0.25) is 19.3 Å². The van der Waals surface area contributed by atoms with Crippen molar-refractivity contribution in [2.75, 3.05) is 6.54 Å². The number of carboxylic acids is 1. The Bertz CT molecular complexity index is 297. The van der Waals surface area contributed by atoms with Gasteiger partial charge < -0.3 is 5.11 Å². The molecule has 1 fully saturated rings. The second kappa shape index (κ2) is 4.00. The van der Waals surface area contributed by atoms with Gasteiger partial charge in [-0.05, 0) is 13.3 Å². The molecule has 0 aliphatic carbocycles. The Labute approximate surface area is 88.1 Å². The fourth-order valence-corrected chi connectivity index (χ4v) is 1.48. The van der Waals surface area contributed by atoms with Crippen molar-refractivity contribution < 1.29 is 19.5 Å². The van der Waals surface area contributed by atoms with E-state index in [1.165, 1.54) is 0 Å². The quantitative estimate of drug-likeness (QED) is 0.695. The lowest BCUT2D eigenvalue weighted by Gasteiger charge is -2.27. The van der Waals surface area contributed by atoms with Crippen molar-refractivity contribution in [2.45, 2.75) is 33.1 Å². The summed E-state index contributed by atoms with van der Waals surface area (Å²) in [6.07, 6.45) is 0.801. The SMILES string of the molecule is CCC(C)(CN1C(=O)CCC1=O)C(=O)O. The monoisotopic (exact) mass is 213 g/mol. The van der Waals surface area contributed by atoms with E-state index in [1.807, 2.05) is 0 Å². The molecule has 1 unspecified atom stereocenters. The van der Waals surface area contributed by atoms with Gasteiger partial charge in [0.2, 0.25) is 11.8 Å². The lowest BCUT2D eigenvalue weighted by molar-refractivity contribution is -0.152. The first-order chi connectivity index (χ1) is 6.90. The second-order valence-electron chi connectivity index (χ2n) is 4.09. The van der Waals surface area contributed by atoms with Gasteiger partial charge in [0.1, 0.15) is 0 Å². The van der Waals surface area contributed by atoms with Crippen LogP contribution >= 0.6 is 0 Å². The summed E-state index contributed by atoms with van der Waals surface area (Å²) in [7, 11) is 0. The number of imide groups is 1. The Morgan fingerprint density at radius 1 is 1.40 bits per heavy atom. The van der Waals surface area contributed by atoms with Crippen molar-refractivity contribution >= 4 is 17.8 Å². The Morgan fingerprint density at radius 3 is 2.20 bits per heavy atom. The summed E-state index contributed by atoms with van der Waals surface area (Å²) in [5, 5.41) is 9.02. The van der Waals surface area contributed by atoms with E-state index in [2.05, 4.69) is 0 Å². The van der Waals surface area contributed by atoms with Crippen molar-refractivity contribution in [3.05, 3.63) is 0 Å². The minimum atomic E-state index is -1.03. The molecule has 1 heterocycles. The molecular formula is C10H15NO4. The van der Waals surface area contributed by atoms with Crippen molar-refractivity contribution in [3.63, 3.8) is 0 Å². The number of hydrogen-bond acceptors (Lipinski definition) is 3. The van der Waals surface area contributed by atoms with Crippen LogP contribution in [0.3, 0.4) is 0 Å². The molecule has 1 aliphatic heterocycles. The maximum atomic E-state index is 11.3. The number of hydrogen-bond donors (Lipinski definition) is 1. The molecule has 1 atom stereocenters. The van der Waals surface area contributed by atoms with Gasteiger partial charge in [0.25, 0.3) is 0 Å². The third-order valence-corrected chi connectivity index (χ3v) is 2.96. The smallest absolute Gasteiger partial charge is 0.311 e. The fourth-order valence-electron chi connectivity index (χ4n) is 1.48. The summed E-state index contributed by atoms with van der Waals surface area (Å²) in [4.78, 5) is 34.7. The van der Waals surface area contributed by atoms with Gasteiger partial charge in [-0.1, -0.05) is 6.92 Å². The maximum Gasteiger partial charge on any atom is 0.311 e. The minimum Gasteiger partial charge on any atom is -0.481 e. The molecule has 0 radical (unpaired) electrons. The molecular weight excluding hydrogens is 198 g/mol. The molecule has 2 amide bonds. The molecule has 1 N–H and O–H groups in total. The van der Waals surface area contributed by atoms with E-state index in [9.17, 15) is 14.4 Å². The van der Waals surface area contributed by atoms with E-state index in [4.69, 9.17) is 5.11 Å². The Morgan fingerprint density at radius 2 is 1.87 bits per heavy atom. The molecule has 0 bridgehead atoms. The zero-order chi connectivity index (χ0) is 11.6. The highest BCUT2D eigenvalue weighted by Crippen LogP contribution is 2.25. The van der Waals surface area contributed by atoms with Crippen LogP contribution in [0.4, 0.5) is 0 Å². The van der Waals surface area contributed by atoms with E-state index < -0.39 is 11.4 Å². The predicted octanol–water partition coefficient (Wildman–Crippen LogP) is 0.636. The average Bonchev–Trinajstić information content (AvgIpc) is 2.49. The molecule has 5 heteroatoms. The van der Waals surface area contributed by atoms with E-state index in [0.717, 1.165) is 4.90 Å². The average molecular weight is 213 g/mol. The molecule has 0 spiro atoms. The van der Waals surface area contributed by atoms with Gasteiger partial charge in [-0.2, -0.15) is 0 Å². The van der Waals surface area contributed by atoms with Crippen LogP contribution in [0.1, 0.15) is 33.1 Å². The molecule has 0 aromatic carbocycles. The second-order valence-corrected chi connectivity index (χ2v) is 4.09. The molecule has 84 valence electrons. The van der Waals surface area contributed by atoms with Crippen molar-refractivity contribution in [1.29, 1.82) is 0 Å². The molecule has 15 heavy (non-hydrogen) atoms. The normalized spacial score (nSPS) is 20.5. The number of carbonyl (C=O) groups excluding carboxylic acids is 2. The summed E-state index contributed by atoms with van der Waals surface area (Å²) in [5.41, 5.74) is -1.03. The van der Waals surface area contributed by atoms with Crippen LogP contribution in [-0.2, 0) is 14.4 Å². The number of carbonyl (C=O) groups is 3. The van der Waals surface area contributed by atoms with Crippen LogP contribution in [0.25, 0.3) is 0 Å².